The van der Waals surface area contributed by atoms with Crippen LogP contribution in [0.1, 0.15) is 19.8 Å². The van der Waals surface area contributed by atoms with E-state index in [0.29, 0.717) is 0 Å². The Morgan fingerprint density at radius 3 is 2.50 bits per heavy atom. The molecule has 0 fully saturated rings. The van der Waals surface area contributed by atoms with Crippen molar-refractivity contribution in [3.05, 3.63) is 12.2 Å². The van der Waals surface area contributed by atoms with E-state index >= 15 is 0 Å². The van der Waals surface area contributed by atoms with E-state index in [1.165, 1.54) is 0 Å². The minimum Gasteiger partial charge on any atom is -0.395 e. The first-order chi connectivity index (χ1) is 4.31. The molecule has 2 nitrogen and oxygen atoms in total. The molecule has 1 atom stereocenters. The number of nitrogens with two attached hydrogens (primary N) is 1. The zero-order chi connectivity index (χ0) is 7.11. The van der Waals surface area contributed by atoms with Crippen LogP contribution in [0.15, 0.2) is 12.2 Å². The predicted octanol–water partition coefficient (Wildman–Crippen LogP) is 1.08. The predicted molar refractivity (Wildman–Crippen MR) is 46.4 cm³/mol. The summed E-state index contributed by atoms with van der Waals surface area (Å²) in [5.41, 5.74) is 5.41. The van der Waals surface area contributed by atoms with E-state index in [-0.39, 0.29) is 25.1 Å². The molecule has 0 heterocycles. The van der Waals surface area contributed by atoms with Crippen LogP contribution in [0.25, 0.3) is 0 Å². The van der Waals surface area contributed by atoms with Crippen molar-refractivity contribution < 1.29 is 5.11 Å². The average molecular weight is 166 g/mol. The van der Waals surface area contributed by atoms with Gasteiger partial charge in [0.1, 0.15) is 0 Å². The zero-order valence-electron chi connectivity index (χ0n) is 6.29. The highest BCUT2D eigenvalue weighted by atomic mass is 35.5. The molecule has 3 heteroatoms. The van der Waals surface area contributed by atoms with Crippen molar-refractivity contribution in [1.82, 2.24) is 0 Å². The SMILES string of the molecule is CC/C=C/CC(N)CO.Cl. The molecule has 0 saturated carbocycles. The molecule has 0 bridgehead atoms. The Kier molecular flexibility index (Phi) is 11.3. The molecule has 0 aliphatic rings. The van der Waals surface area contributed by atoms with Crippen molar-refractivity contribution in [2.24, 2.45) is 5.73 Å². The Bertz CT molecular complexity index is 85.7. The number of hydrogen-bond acceptors (Lipinski definition) is 2. The van der Waals surface area contributed by atoms with Gasteiger partial charge >= 0.3 is 0 Å². The van der Waals surface area contributed by atoms with Gasteiger partial charge in [-0.05, 0) is 12.8 Å². The van der Waals surface area contributed by atoms with Gasteiger partial charge in [-0.15, -0.1) is 12.4 Å². The maximum Gasteiger partial charge on any atom is 0.0585 e. The Hall–Kier alpha value is -0.0500. The number of aliphatic hydroxyl groups is 1. The number of aliphatic hydroxyl groups excluding tert-OH is 1. The summed E-state index contributed by atoms with van der Waals surface area (Å²) < 4.78 is 0. The Morgan fingerprint density at radius 2 is 2.10 bits per heavy atom. The molecule has 0 aromatic carbocycles. The normalized spacial score (nSPS) is 13.1. The van der Waals surface area contributed by atoms with Crippen molar-refractivity contribution in [2.45, 2.75) is 25.8 Å². The van der Waals surface area contributed by atoms with Gasteiger partial charge < -0.3 is 10.8 Å². The van der Waals surface area contributed by atoms with Gasteiger partial charge in [-0.25, -0.2) is 0 Å². The second kappa shape index (κ2) is 8.95. The molecule has 0 aliphatic carbocycles. The van der Waals surface area contributed by atoms with Gasteiger partial charge in [0.05, 0.1) is 6.61 Å². The van der Waals surface area contributed by atoms with Crippen LogP contribution in [-0.2, 0) is 0 Å². The monoisotopic (exact) mass is 165 g/mol. The maximum absolute atomic E-state index is 8.48. The average Bonchev–Trinajstić information content (AvgIpc) is 1.89. The third-order valence-electron chi connectivity index (χ3n) is 1.08. The summed E-state index contributed by atoms with van der Waals surface area (Å²) in [5, 5.41) is 8.48. The number of halogens is 1. The van der Waals surface area contributed by atoms with Crippen LogP contribution < -0.4 is 5.73 Å². The van der Waals surface area contributed by atoms with Crippen LogP contribution in [0.5, 0.6) is 0 Å². The van der Waals surface area contributed by atoms with Crippen molar-refractivity contribution >= 4 is 12.4 Å². The van der Waals surface area contributed by atoms with Crippen LogP contribution in [-0.4, -0.2) is 17.8 Å². The molecule has 0 amide bonds. The van der Waals surface area contributed by atoms with Crippen molar-refractivity contribution in [2.75, 3.05) is 6.61 Å². The molecule has 0 aliphatic heterocycles. The first kappa shape index (κ1) is 12.6. The lowest BCUT2D eigenvalue weighted by atomic mass is 10.2. The molecule has 0 radical (unpaired) electrons. The molecular formula is C7H16ClNO. The minimum atomic E-state index is -0.0761. The Balaban J connectivity index is 0. The largest absolute Gasteiger partial charge is 0.395 e. The number of rotatable bonds is 4. The van der Waals surface area contributed by atoms with Crippen molar-refractivity contribution in [3.8, 4) is 0 Å². The van der Waals surface area contributed by atoms with E-state index in [1.807, 2.05) is 6.08 Å². The fourth-order valence-electron chi connectivity index (χ4n) is 0.512. The zero-order valence-corrected chi connectivity index (χ0v) is 7.10. The summed E-state index contributed by atoms with van der Waals surface area (Å²) in [6.07, 6.45) is 5.87. The van der Waals surface area contributed by atoms with Gasteiger partial charge in [0, 0.05) is 6.04 Å². The summed E-state index contributed by atoms with van der Waals surface area (Å²) in [6, 6.07) is -0.0761. The quantitative estimate of drug-likeness (QED) is 0.613. The molecular weight excluding hydrogens is 150 g/mol. The van der Waals surface area contributed by atoms with Gasteiger partial charge in [0.15, 0.2) is 0 Å². The van der Waals surface area contributed by atoms with Crippen LogP contribution in [0.4, 0.5) is 0 Å². The van der Waals surface area contributed by atoms with Gasteiger partial charge in [0.25, 0.3) is 0 Å². The molecule has 0 aromatic rings. The third kappa shape index (κ3) is 7.95. The van der Waals surface area contributed by atoms with Crippen LogP contribution in [0.3, 0.4) is 0 Å². The van der Waals surface area contributed by atoms with Gasteiger partial charge in [0.2, 0.25) is 0 Å². The fourth-order valence-corrected chi connectivity index (χ4v) is 0.512. The van der Waals surface area contributed by atoms with E-state index in [1.54, 1.807) is 0 Å². The van der Waals surface area contributed by atoms with Gasteiger partial charge in [-0.3, -0.25) is 0 Å². The number of allylic oxidation sites excluding steroid dienone is 1. The molecule has 0 rings (SSSR count). The topological polar surface area (TPSA) is 46.2 Å². The summed E-state index contributed by atoms with van der Waals surface area (Å²) in [4.78, 5) is 0. The smallest absolute Gasteiger partial charge is 0.0585 e. The van der Waals surface area contributed by atoms with Crippen LogP contribution in [0, 0.1) is 0 Å². The van der Waals surface area contributed by atoms with Crippen LogP contribution >= 0.6 is 12.4 Å². The standard InChI is InChI=1S/C7H15NO.ClH/c1-2-3-4-5-7(8)6-9;/h3-4,7,9H,2,5-6,8H2,1H3;1H/b4-3+;. The van der Waals surface area contributed by atoms with Gasteiger partial charge in [-0.2, -0.15) is 0 Å². The van der Waals surface area contributed by atoms with Gasteiger partial charge in [-0.1, -0.05) is 19.1 Å². The molecule has 1 unspecified atom stereocenters. The Labute approximate surface area is 68.5 Å². The first-order valence-electron chi connectivity index (χ1n) is 3.32. The third-order valence-corrected chi connectivity index (χ3v) is 1.08. The molecule has 3 N–H and O–H groups in total. The van der Waals surface area contributed by atoms with E-state index in [0.717, 1.165) is 12.8 Å². The summed E-state index contributed by atoms with van der Waals surface area (Å²) >= 11 is 0. The lowest BCUT2D eigenvalue weighted by Crippen LogP contribution is -2.22. The molecule has 10 heavy (non-hydrogen) atoms. The highest BCUT2D eigenvalue weighted by Crippen LogP contribution is 1.89. The second-order valence-corrected chi connectivity index (χ2v) is 2.06. The Morgan fingerprint density at radius 1 is 1.50 bits per heavy atom. The number of hydrogen-bond donors (Lipinski definition) is 2. The fraction of sp³-hybridized carbons (Fsp3) is 0.714. The minimum absolute atomic E-state index is 0. The van der Waals surface area contributed by atoms with E-state index in [9.17, 15) is 0 Å². The molecule has 0 aromatic heterocycles. The lowest BCUT2D eigenvalue weighted by molar-refractivity contribution is 0.266. The summed E-state index contributed by atoms with van der Waals surface area (Å²) in [7, 11) is 0. The van der Waals surface area contributed by atoms with Crippen molar-refractivity contribution in [3.63, 3.8) is 0 Å². The maximum atomic E-state index is 8.48. The highest BCUT2D eigenvalue weighted by molar-refractivity contribution is 5.85. The van der Waals surface area contributed by atoms with E-state index in [2.05, 4.69) is 13.0 Å². The summed E-state index contributed by atoms with van der Waals surface area (Å²) in [6.45, 7) is 2.15. The summed E-state index contributed by atoms with van der Waals surface area (Å²) in [5.74, 6) is 0. The highest BCUT2D eigenvalue weighted by Gasteiger charge is 1.93. The van der Waals surface area contributed by atoms with E-state index < -0.39 is 0 Å². The second-order valence-electron chi connectivity index (χ2n) is 2.06. The van der Waals surface area contributed by atoms with E-state index in [4.69, 9.17) is 10.8 Å². The first-order valence-corrected chi connectivity index (χ1v) is 3.32. The van der Waals surface area contributed by atoms with Crippen molar-refractivity contribution in [1.29, 1.82) is 0 Å². The molecule has 0 saturated heterocycles. The molecule has 62 valence electrons. The lowest BCUT2D eigenvalue weighted by Gasteiger charge is -2.01. The van der Waals surface area contributed by atoms with Crippen LogP contribution in [0.2, 0.25) is 0 Å². The molecule has 0 spiro atoms.